The molecule has 10 heteroatoms. The monoisotopic (exact) mass is 478 g/mol. The molecule has 1 amide bonds. The number of carbonyl (C=O) groups excluding carboxylic acids is 1. The van der Waals surface area contributed by atoms with Crippen molar-refractivity contribution in [1.29, 1.82) is 0 Å². The van der Waals surface area contributed by atoms with Crippen LogP contribution in [0.5, 0.6) is 6.08 Å². The molecule has 0 aliphatic heterocycles. The van der Waals surface area contributed by atoms with Gasteiger partial charge in [0, 0.05) is 23.2 Å². The number of para-hydroxylation sites is 1. The summed E-state index contributed by atoms with van der Waals surface area (Å²) in [4.78, 5) is 22.7. The van der Waals surface area contributed by atoms with Crippen LogP contribution in [0.1, 0.15) is 30.6 Å². The molecule has 2 heterocycles. The summed E-state index contributed by atoms with van der Waals surface area (Å²) in [6, 6.07) is 16.3. The Morgan fingerprint density at radius 2 is 1.83 bits per heavy atom. The van der Waals surface area contributed by atoms with Gasteiger partial charge in [-0.2, -0.15) is 0 Å². The molecule has 182 valence electrons. The first-order chi connectivity index (χ1) is 16.9. The van der Waals surface area contributed by atoms with Crippen molar-refractivity contribution in [3.05, 3.63) is 60.2 Å². The number of rotatable bonds is 11. The van der Waals surface area contributed by atoms with Crippen LogP contribution >= 0.6 is 0 Å². The van der Waals surface area contributed by atoms with Crippen molar-refractivity contribution in [2.24, 2.45) is 5.92 Å². The summed E-state index contributed by atoms with van der Waals surface area (Å²) in [5.74, 6) is -0.357. The van der Waals surface area contributed by atoms with Gasteiger partial charge >= 0.3 is 12.0 Å². The highest BCUT2D eigenvalue weighted by molar-refractivity contribution is 5.94. The molecule has 10 nitrogen and oxygen atoms in total. The van der Waals surface area contributed by atoms with E-state index in [-0.39, 0.29) is 49.4 Å². The van der Waals surface area contributed by atoms with E-state index in [4.69, 9.17) is 18.7 Å². The molecule has 0 bridgehead atoms. The zero-order valence-corrected chi connectivity index (χ0v) is 19.4. The Balaban J connectivity index is 1.33. The van der Waals surface area contributed by atoms with Gasteiger partial charge in [0.05, 0.1) is 12.5 Å². The van der Waals surface area contributed by atoms with E-state index in [1.165, 1.54) is 0 Å². The average molecular weight is 479 g/mol. The van der Waals surface area contributed by atoms with Gasteiger partial charge in [-0.25, -0.2) is 0 Å². The maximum atomic E-state index is 12.1. The van der Waals surface area contributed by atoms with Crippen molar-refractivity contribution in [3.8, 4) is 17.7 Å². The number of aromatic nitrogens is 2. The maximum absolute atomic E-state index is 12.1. The summed E-state index contributed by atoms with van der Waals surface area (Å²) in [5, 5.41) is 23.6. The van der Waals surface area contributed by atoms with Gasteiger partial charge in [0.25, 0.3) is 11.8 Å². The Bertz CT molecular complexity index is 1260. The third kappa shape index (κ3) is 6.17. The van der Waals surface area contributed by atoms with Crippen LogP contribution in [0.25, 0.3) is 22.6 Å². The van der Waals surface area contributed by atoms with Gasteiger partial charge in [-0.1, -0.05) is 37.1 Å². The predicted molar refractivity (Wildman–Crippen MR) is 128 cm³/mol. The van der Waals surface area contributed by atoms with E-state index in [0.717, 1.165) is 16.7 Å². The summed E-state index contributed by atoms with van der Waals surface area (Å²) in [7, 11) is 0. The Morgan fingerprint density at radius 1 is 1.06 bits per heavy atom. The van der Waals surface area contributed by atoms with Crippen LogP contribution in [0.4, 0.5) is 5.69 Å². The van der Waals surface area contributed by atoms with Crippen molar-refractivity contribution in [2.75, 3.05) is 18.5 Å². The van der Waals surface area contributed by atoms with Gasteiger partial charge in [0.1, 0.15) is 12.2 Å². The molecule has 1 unspecified atom stereocenters. The number of amides is 1. The van der Waals surface area contributed by atoms with Crippen molar-refractivity contribution < 1.29 is 28.3 Å². The summed E-state index contributed by atoms with van der Waals surface area (Å²) >= 11 is 0. The third-order valence-electron chi connectivity index (χ3n) is 5.36. The van der Waals surface area contributed by atoms with Crippen LogP contribution in [0.2, 0.25) is 0 Å². The fraction of sp³-hybridized carbons (Fsp3) is 0.280. The number of anilines is 1. The number of nitrogens with one attached hydrogen (secondary N) is 2. The van der Waals surface area contributed by atoms with Crippen LogP contribution in [0, 0.1) is 5.92 Å². The molecule has 0 radical (unpaired) electrons. The van der Waals surface area contributed by atoms with Gasteiger partial charge < -0.3 is 29.3 Å². The zero-order chi connectivity index (χ0) is 24.8. The van der Waals surface area contributed by atoms with E-state index in [1.807, 2.05) is 30.3 Å². The molecule has 0 aliphatic carbocycles. The van der Waals surface area contributed by atoms with E-state index >= 15 is 0 Å². The van der Waals surface area contributed by atoms with E-state index in [0.29, 0.717) is 11.3 Å². The lowest BCUT2D eigenvalue weighted by Crippen LogP contribution is -2.32. The molecule has 0 fully saturated rings. The Hall–Kier alpha value is -4.34. The maximum Gasteiger partial charge on any atom is 0.415 e. The number of nitrogens with zero attached hydrogens (tertiary/aromatic N) is 2. The molecule has 0 saturated carbocycles. The van der Waals surface area contributed by atoms with E-state index < -0.39 is 5.97 Å². The number of benzene rings is 2. The standard InChI is InChI=1S/C25H26N4O6/c1-15(2)19(27-18-9-7-16(8-10-18)23(32)26-12-11-22(30)31)14-33-25-29-28-24(35-25)21-13-17-5-3-4-6-20(17)34-21/h3-10,13,15,19,27H,11-12,14H2,1-2H3,(H,26,32)(H,30,31). The van der Waals surface area contributed by atoms with Crippen LogP contribution in [0.3, 0.4) is 0 Å². The minimum Gasteiger partial charge on any atom is -0.481 e. The van der Waals surface area contributed by atoms with Crippen LogP contribution in [-0.2, 0) is 4.79 Å². The molecule has 4 aromatic rings. The Kier molecular flexibility index (Phi) is 7.30. The second-order valence-corrected chi connectivity index (χ2v) is 8.30. The number of carboxylic acids is 1. The Morgan fingerprint density at radius 3 is 2.54 bits per heavy atom. The topological polar surface area (TPSA) is 140 Å². The molecule has 1 atom stereocenters. The highest BCUT2D eigenvalue weighted by atomic mass is 16.6. The van der Waals surface area contributed by atoms with Crippen molar-refractivity contribution in [3.63, 3.8) is 0 Å². The van der Waals surface area contributed by atoms with Gasteiger partial charge in [0.2, 0.25) is 0 Å². The van der Waals surface area contributed by atoms with Gasteiger partial charge in [0.15, 0.2) is 5.76 Å². The van der Waals surface area contributed by atoms with Crippen molar-refractivity contribution in [2.45, 2.75) is 26.3 Å². The SMILES string of the molecule is CC(C)C(COc1nnc(-c2cc3ccccc3o2)o1)Nc1ccc(C(=O)NCCC(=O)O)cc1. The molecule has 2 aromatic carbocycles. The minimum atomic E-state index is -0.960. The number of fused-ring (bicyclic) bond motifs is 1. The number of ether oxygens (including phenoxy) is 1. The quantitative estimate of drug-likeness (QED) is 0.289. The number of aliphatic carboxylic acids is 1. The summed E-state index contributed by atoms with van der Waals surface area (Å²) in [5.41, 5.74) is 1.99. The molecule has 0 saturated heterocycles. The lowest BCUT2D eigenvalue weighted by atomic mass is 10.0. The highest BCUT2D eigenvalue weighted by Crippen LogP contribution is 2.28. The molecular weight excluding hydrogens is 452 g/mol. The van der Waals surface area contributed by atoms with Gasteiger partial charge in [-0.05, 0) is 42.3 Å². The van der Waals surface area contributed by atoms with E-state index in [9.17, 15) is 9.59 Å². The highest BCUT2D eigenvalue weighted by Gasteiger charge is 2.18. The summed E-state index contributed by atoms with van der Waals surface area (Å²) < 4.78 is 17.1. The molecule has 0 aliphatic rings. The Labute approximate surface area is 201 Å². The van der Waals surface area contributed by atoms with Gasteiger partial charge in [-0.15, -0.1) is 5.10 Å². The minimum absolute atomic E-state index is 0.0429. The first-order valence-electron chi connectivity index (χ1n) is 11.2. The van der Waals surface area contributed by atoms with Crippen molar-refractivity contribution >= 4 is 28.5 Å². The van der Waals surface area contributed by atoms with Crippen LogP contribution < -0.4 is 15.4 Å². The lowest BCUT2D eigenvalue weighted by Gasteiger charge is -2.23. The predicted octanol–water partition coefficient (Wildman–Crippen LogP) is 4.20. The van der Waals surface area contributed by atoms with E-state index in [1.54, 1.807) is 24.3 Å². The zero-order valence-electron chi connectivity index (χ0n) is 19.4. The fourth-order valence-electron chi connectivity index (χ4n) is 3.33. The molecule has 3 N–H and O–H groups in total. The van der Waals surface area contributed by atoms with E-state index in [2.05, 4.69) is 34.7 Å². The first kappa shape index (κ1) is 23.8. The molecular formula is C25H26N4O6. The smallest absolute Gasteiger partial charge is 0.415 e. The molecule has 2 aromatic heterocycles. The normalized spacial score (nSPS) is 12.0. The largest absolute Gasteiger partial charge is 0.481 e. The third-order valence-corrected chi connectivity index (χ3v) is 5.36. The second-order valence-electron chi connectivity index (χ2n) is 8.30. The second kappa shape index (κ2) is 10.7. The average Bonchev–Trinajstić information content (AvgIpc) is 3.48. The summed E-state index contributed by atoms with van der Waals surface area (Å²) in [6.45, 7) is 4.46. The number of hydrogen-bond acceptors (Lipinski definition) is 8. The fourth-order valence-corrected chi connectivity index (χ4v) is 3.33. The van der Waals surface area contributed by atoms with Crippen LogP contribution in [-0.4, -0.2) is 46.4 Å². The van der Waals surface area contributed by atoms with Gasteiger partial charge in [-0.3, -0.25) is 9.59 Å². The van der Waals surface area contributed by atoms with Crippen LogP contribution in [0.15, 0.2) is 63.4 Å². The molecule has 35 heavy (non-hydrogen) atoms. The van der Waals surface area contributed by atoms with Crippen molar-refractivity contribution in [1.82, 2.24) is 15.5 Å². The molecule has 4 rings (SSSR count). The lowest BCUT2D eigenvalue weighted by molar-refractivity contribution is -0.136. The first-order valence-corrected chi connectivity index (χ1v) is 11.2. The number of carbonyl (C=O) groups is 2. The number of hydrogen-bond donors (Lipinski definition) is 3. The number of furan rings is 1. The number of carboxylic acid groups (broad SMARTS) is 1. The summed E-state index contributed by atoms with van der Waals surface area (Å²) in [6.07, 6.45) is -0.0809. The molecule has 0 spiro atoms.